The third-order valence-corrected chi connectivity index (χ3v) is 8.82. The predicted octanol–water partition coefficient (Wildman–Crippen LogP) is 9.43. The zero-order valence-electron chi connectivity index (χ0n) is 34.0. The van der Waals surface area contributed by atoms with Crippen LogP contribution in [-0.2, 0) is 37.9 Å². The fraction of sp³-hybridized carbons (Fsp3) is 0.837. The molecule has 1 N–H and O–H groups in total. The van der Waals surface area contributed by atoms with Gasteiger partial charge in [-0.2, -0.15) is 0 Å². The number of carbonyl (C=O) groups excluding carboxylic acids is 1. The van der Waals surface area contributed by atoms with E-state index >= 15 is 0 Å². The Balaban J connectivity index is 1.67. The highest BCUT2D eigenvalue weighted by atomic mass is 16.6. The molecule has 53 heavy (non-hydrogen) atoms. The normalized spacial score (nSPS) is 11.4. The van der Waals surface area contributed by atoms with Gasteiger partial charge < -0.3 is 43.2 Å². The van der Waals surface area contributed by atoms with Gasteiger partial charge in [-0.25, -0.2) is 4.79 Å². The highest BCUT2D eigenvalue weighted by Gasteiger charge is 2.07. The standard InChI is InChI=1S/C43H79NO9/c1-3-5-7-8-9-10-11-12-13-14-15-16-17-18-19-20-26-46-27-28-47-29-30-48-31-32-49-33-34-50-35-36-51-37-38-52-39-40-53-43(45)41-21-23-42(24-22-41)44-25-6-4-2/h21-24,44H,3-20,25-40H2,1-2H3. The number of benzene rings is 1. The summed E-state index contributed by atoms with van der Waals surface area (Å²) in [6, 6.07) is 7.33. The predicted molar refractivity (Wildman–Crippen MR) is 215 cm³/mol. The number of ether oxygens (including phenoxy) is 8. The molecule has 0 aliphatic heterocycles. The maximum absolute atomic E-state index is 12.1. The molecule has 0 fully saturated rings. The van der Waals surface area contributed by atoms with E-state index in [-0.39, 0.29) is 12.6 Å². The minimum Gasteiger partial charge on any atom is -0.460 e. The summed E-state index contributed by atoms with van der Waals surface area (Å²) in [6.07, 6.45) is 24.4. The number of rotatable bonds is 43. The van der Waals surface area contributed by atoms with E-state index < -0.39 is 0 Å². The van der Waals surface area contributed by atoms with E-state index in [2.05, 4.69) is 19.2 Å². The molecule has 0 aliphatic rings. The summed E-state index contributed by atoms with van der Waals surface area (Å²) in [7, 11) is 0. The fourth-order valence-electron chi connectivity index (χ4n) is 5.58. The SMILES string of the molecule is CCCCCCCCCCCCCCCCCCOCCOCCOCCOCCOCCOCCOCCOC(=O)c1ccc(NCCCC)cc1. The van der Waals surface area contributed by atoms with Crippen LogP contribution in [-0.4, -0.2) is 112 Å². The van der Waals surface area contributed by atoms with E-state index in [0.29, 0.717) is 91.5 Å². The van der Waals surface area contributed by atoms with Gasteiger partial charge in [0.1, 0.15) is 6.61 Å². The summed E-state index contributed by atoms with van der Waals surface area (Å²) in [5.74, 6) is -0.351. The second-order valence-corrected chi connectivity index (χ2v) is 13.6. The molecule has 10 heteroatoms. The molecule has 0 heterocycles. The summed E-state index contributed by atoms with van der Waals surface area (Å²) in [5.41, 5.74) is 1.53. The first-order chi connectivity index (χ1) is 26.3. The quantitative estimate of drug-likeness (QED) is 0.0513. The van der Waals surface area contributed by atoms with Gasteiger partial charge in [0.2, 0.25) is 0 Å². The summed E-state index contributed by atoms with van der Waals surface area (Å²) in [6.45, 7) is 13.0. The van der Waals surface area contributed by atoms with Crippen molar-refractivity contribution in [1.29, 1.82) is 0 Å². The van der Waals surface area contributed by atoms with Crippen LogP contribution in [0.15, 0.2) is 24.3 Å². The second-order valence-electron chi connectivity index (χ2n) is 13.6. The Hall–Kier alpha value is -1.79. The van der Waals surface area contributed by atoms with Crippen molar-refractivity contribution in [3.05, 3.63) is 29.8 Å². The molecule has 0 aliphatic carbocycles. The number of hydrogen-bond donors (Lipinski definition) is 1. The van der Waals surface area contributed by atoms with Crippen molar-refractivity contribution in [2.24, 2.45) is 0 Å². The molecule has 0 unspecified atom stereocenters. The van der Waals surface area contributed by atoms with Crippen LogP contribution < -0.4 is 5.32 Å². The molecule has 1 rings (SSSR count). The average Bonchev–Trinajstić information content (AvgIpc) is 3.17. The topological polar surface area (TPSA) is 103 Å². The average molecular weight is 754 g/mol. The van der Waals surface area contributed by atoms with Gasteiger partial charge in [0, 0.05) is 18.8 Å². The summed E-state index contributed by atoms with van der Waals surface area (Å²) < 4.78 is 44.1. The van der Waals surface area contributed by atoms with Crippen LogP contribution >= 0.6 is 0 Å². The van der Waals surface area contributed by atoms with Crippen molar-refractivity contribution in [2.45, 2.75) is 129 Å². The minimum atomic E-state index is -0.351. The molecular weight excluding hydrogens is 674 g/mol. The van der Waals surface area contributed by atoms with E-state index in [1.54, 1.807) is 12.1 Å². The van der Waals surface area contributed by atoms with Crippen LogP contribution in [0.3, 0.4) is 0 Å². The number of hydrogen-bond acceptors (Lipinski definition) is 10. The molecule has 1 aromatic carbocycles. The zero-order valence-corrected chi connectivity index (χ0v) is 34.0. The van der Waals surface area contributed by atoms with Crippen LogP contribution in [0.1, 0.15) is 140 Å². The lowest BCUT2D eigenvalue weighted by Gasteiger charge is -2.09. The Morgan fingerprint density at radius 3 is 1.09 bits per heavy atom. The number of carbonyl (C=O) groups is 1. The molecule has 0 saturated heterocycles. The van der Waals surface area contributed by atoms with E-state index in [4.69, 9.17) is 37.9 Å². The van der Waals surface area contributed by atoms with Gasteiger partial charge >= 0.3 is 5.97 Å². The maximum Gasteiger partial charge on any atom is 0.338 e. The van der Waals surface area contributed by atoms with Gasteiger partial charge in [0.15, 0.2) is 0 Å². The van der Waals surface area contributed by atoms with Gasteiger partial charge in [0.05, 0.1) is 91.5 Å². The monoisotopic (exact) mass is 754 g/mol. The smallest absolute Gasteiger partial charge is 0.338 e. The maximum atomic E-state index is 12.1. The number of nitrogens with one attached hydrogen (secondary N) is 1. The molecule has 0 amide bonds. The van der Waals surface area contributed by atoms with Gasteiger partial charge in [-0.3, -0.25) is 0 Å². The van der Waals surface area contributed by atoms with Crippen molar-refractivity contribution in [1.82, 2.24) is 0 Å². The van der Waals surface area contributed by atoms with Gasteiger partial charge in [-0.1, -0.05) is 117 Å². The molecule has 310 valence electrons. The minimum absolute atomic E-state index is 0.201. The molecule has 0 radical (unpaired) electrons. The third kappa shape index (κ3) is 35.7. The Kier molecular flexibility index (Phi) is 38.4. The molecular formula is C43H79NO9. The molecule has 1 aromatic rings. The van der Waals surface area contributed by atoms with Gasteiger partial charge in [0.25, 0.3) is 0 Å². The van der Waals surface area contributed by atoms with E-state index in [1.165, 1.54) is 96.3 Å². The van der Waals surface area contributed by atoms with Crippen LogP contribution in [0.4, 0.5) is 5.69 Å². The zero-order chi connectivity index (χ0) is 38.0. The number of unbranched alkanes of at least 4 members (excludes halogenated alkanes) is 16. The van der Waals surface area contributed by atoms with Crippen molar-refractivity contribution in [2.75, 3.05) is 111 Å². The van der Waals surface area contributed by atoms with Crippen molar-refractivity contribution < 1.29 is 42.7 Å². The van der Waals surface area contributed by atoms with Crippen molar-refractivity contribution >= 4 is 11.7 Å². The number of anilines is 1. The fourth-order valence-corrected chi connectivity index (χ4v) is 5.58. The molecule has 0 aromatic heterocycles. The highest BCUT2D eigenvalue weighted by molar-refractivity contribution is 5.89. The third-order valence-electron chi connectivity index (χ3n) is 8.82. The van der Waals surface area contributed by atoms with Gasteiger partial charge in [-0.15, -0.1) is 0 Å². The van der Waals surface area contributed by atoms with Crippen molar-refractivity contribution in [3.63, 3.8) is 0 Å². The first-order valence-electron chi connectivity index (χ1n) is 21.3. The molecule has 10 nitrogen and oxygen atoms in total. The van der Waals surface area contributed by atoms with E-state index in [1.807, 2.05) is 12.1 Å². The first kappa shape index (κ1) is 49.2. The van der Waals surface area contributed by atoms with Crippen LogP contribution in [0.2, 0.25) is 0 Å². The summed E-state index contributed by atoms with van der Waals surface area (Å²) >= 11 is 0. The van der Waals surface area contributed by atoms with E-state index in [0.717, 1.165) is 38.1 Å². The Bertz CT molecular complexity index is 874. The Labute approximate surface area is 324 Å². The lowest BCUT2D eigenvalue weighted by Crippen LogP contribution is -2.15. The largest absolute Gasteiger partial charge is 0.460 e. The second kappa shape index (κ2) is 41.4. The van der Waals surface area contributed by atoms with Crippen LogP contribution in [0.5, 0.6) is 0 Å². The Morgan fingerprint density at radius 2 is 0.717 bits per heavy atom. The molecule has 0 saturated carbocycles. The summed E-state index contributed by atoms with van der Waals surface area (Å²) in [4.78, 5) is 12.1. The van der Waals surface area contributed by atoms with Crippen molar-refractivity contribution in [3.8, 4) is 0 Å². The van der Waals surface area contributed by atoms with Crippen LogP contribution in [0.25, 0.3) is 0 Å². The highest BCUT2D eigenvalue weighted by Crippen LogP contribution is 2.14. The molecule has 0 spiro atoms. The molecule has 0 bridgehead atoms. The van der Waals surface area contributed by atoms with Crippen LogP contribution in [0, 0.1) is 0 Å². The summed E-state index contributed by atoms with van der Waals surface area (Å²) in [5, 5.41) is 3.33. The lowest BCUT2D eigenvalue weighted by molar-refractivity contribution is -0.0223. The lowest BCUT2D eigenvalue weighted by atomic mass is 10.0. The molecule has 0 atom stereocenters. The number of esters is 1. The first-order valence-corrected chi connectivity index (χ1v) is 21.3. The van der Waals surface area contributed by atoms with E-state index in [9.17, 15) is 4.79 Å². The van der Waals surface area contributed by atoms with Gasteiger partial charge in [-0.05, 0) is 37.1 Å². The Morgan fingerprint density at radius 1 is 0.396 bits per heavy atom.